The highest BCUT2D eigenvalue weighted by molar-refractivity contribution is 5.81. The van der Waals surface area contributed by atoms with Gasteiger partial charge in [0.1, 0.15) is 6.10 Å². The summed E-state index contributed by atoms with van der Waals surface area (Å²) in [5.41, 5.74) is 1.46. The Morgan fingerprint density at radius 1 is 1.11 bits per heavy atom. The van der Waals surface area contributed by atoms with Crippen molar-refractivity contribution in [2.45, 2.75) is 39.0 Å². The normalized spacial score (nSPS) is 21.0. The number of nitrogens with zero attached hydrogens (tertiary/aromatic N) is 6. The van der Waals surface area contributed by atoms with Gasteiger partial charge < -0.3 is 14.5 Å². The zero-order valence-corrected chi connectivity index (χ0v) is 15.7. The third-order valence-electron chi connectivity index (χ3n) is 5.42. The van der Waals surface area contributed by atoms with Crippen molar-refractivity contribution in [1.29, 1.82) is 0 Å². The lowest BCUT2D eigenvalue weighted by Gasteiger charge is -2.37. The number of aryl methyl sites for hydroxylation is 1. The van der Waals surface area contributed by atoms with E-state index in [1.165, 1.54) is 0 Å². The molecule has 2 aromatic rings. The minimum absolute atomic E-state index is 0.00775. The molecule has 0 bridgehead atoms. The number of piperazine rings is 1. The van der Waals surface area contributed by atoms with Crippen molar-refractivity contribution >= 4 is 17.4 Å². The molecule has 1 atom stereocenters. The second-order valence-electron chi connectivity index (χ2n) is 7.14. The van der Waals surface area contributed by atoms with Crippen LogP contribution in [-0.2, 0) is 15.7 Å². The summed E-state index contributed by atoms with van der Waals surface area (Å²) in [4.78, 5) is 16.1. The maximum absolute atomic E-state index is 13.2. The number of ether oxygens (including phenoxy) is 1. The number of rotatable bonds is 2. The topological polar surface area (TPSA) is 75.9 Å². The van der Waals surface area contributed by atoms with Gasteiger partial charge >= 0.3 is 6.18 Å². The number of carbonyl (C=O) groups is 1. The third kappa shape index (κ3) is 3.17. The number of halogens is 3. The van der Waals surface area contributed by atoms with E-state index in [9.17, 15) is 18.0 Å². The summed E-state index contributed by atoms with van der Waals surface area (Å²) < 4.78 is 45.9. The second-order valence-corrected chi connectivity index (χ2v) is 7.14. The number of aromatic nitrogens is 4. The fourth-order valence-electron chi connectivity index (χ4n) is 3.71. The van der Waals surface area contributed by atoms with Crippen LogP contribution in [-0.4, -0.2) is 69.5 Å². The molecule has 11 heteroatoms. The SMILES string of the molecule is Cc1c(N2CCN(C(=O)C3CCCO3)CC2)nn2c(C(F)(F)F)nnc2c1C. The predicted octanol–water partition coefficient (Wildman–Crippen LogP) is 1.59. The highest BCUT2D eigenvalue weighted by Gasteiger charge is 2.38. The third-order valence-corrected chi connectivity index (χ3v) is 5.42. The zero-order valence-electron chi connectivity index (χ0n) is 15.7. The molecule has 1 amide bonds. The van der Waals surface area contributed by atoms with Gasteiger partial charge in [-0.3, -0.25) is 4.79 Å². The summed E-state index contributed by atoms with van der Waals surface area (Å²) in [6.07, 6.45) is -3.38. The Bertz CT molecular complexity index is 898. The van der Waals surface area contributed by atoms with Crippen molar-refractivity contribution in [2.24, 2.45) is 0 Å². The second kappa shape index (κ2) is 6.87. The number of fused-ring (bicyclic) bond motifs is 1. The Morgan fingerprint density at radius 3 is 2.43 bits per heavy atom. The molecule has 4 heterocycles. The smallest absolute Gasteiger partial charge is 0.368 e. The first kappa shape index (κ1) is 18.9. The minimum atomic E-state index is -4.64. The van der Waals surface area contributed by atoms with Crippen molar-refractivity contribution < 1.29 is 22.7 Å². The number of amides is 1. The van der Waals surface area contributed by atoms with Crippen LogP contribution < -0.4 is 4.90 Å². The van der Waals surface area contributed by atoms with Crippen LogP contribution in [0, 0.1) is 13.8 Å². The van der Waals surface area contributed by atoms with Crippen LogP contribution in [0.5, 0.6) is 0 Å². The largest absolute Gasteiger partial charge is 0.453 e. The zero-order chi connectivity index (χ0) is 20.1. The molecule has 0 aliphatic carbocycles. The first-order valence-corrected chi connectivity index (χ1v) is 9.22. The van der Waals surface area contributed by atoms with Gasteiger partial charge in [0.15, 0.2) is 11.5 Å². The van der Waals surface area contributed by atoms with Gasteiger partial charge in [-0.15, -0.1) is 15.3 Å². The molecule has 28 heavy (non-hydrogen) atoms. The summed E-state index contributed by atoms with van der Waals surface area (Å²) in [5, 5.41) is 11.1. The van der Waals surface area contributed by atoms with Crippen LogP contribution in [0.2, 0.25) is 0 Å². The average molecular weight is 398 g/mol. The Balaban J connectivity index is 1.58. The number of anilines is 1. The van der Waals surface area contributed by atoms with E-state index in [0.717, 1.165) is 22.9 Å². The molecule has 1 unspecified atom stereocenters. The molecular formula is C17H21F3N6O2. The quantitative estimate of drug-likeness (QED) is 0.765. The van der Waals surface area contributed by atoms with E-state index < -0.39 is 12.0 Å². The molecule has 2 aliphatic heterocycles. The molecule has 0 aromatic carbocycles. The highest BCUT2D eigenvalue weighted by atomic mass is 19.4. The number of hydrogen-bond donors (Lipinski definition) is 0. The van der Waals surface area contributed by atoms with Gasteiger partial charge in [0.05, 0.1) is 0 Å². The average Bonchev–Trinajstić information content (AvgIpc) is 3.33. The molecule has 8 nitrogen and oxygen atoms in total. The summed E-state index contributed by atoms with van der Waals surface area (Å²) in [7, 11) is 0. The van der Waals surface area contributed by atoms with Crippen molar-refractivity contribution in [3.8, 4) is 0 Å². The van der Waals surface area contributed by atoms with Crippen molar-refractivity contribution in [1.82, 2.24) is 24.7 Å². The van der Waals surface area contributed by atoms with Crippen molar-refractivity contribution in [3.63, 3.8) is 0 Å². The summed E-state index contributed by atoms with van der Waals surface area (Å²) in [6.45, 7) is 6.06. The van der Waals surface area contributed by atoms with E-state index in [1.807, 2.05) is 11.8 Å². The lowest BCUT2D eigenvalue weighted by Crippen LogP contribution is -2.51. The molecule has 2 saturated heterocycles. The van der Waals surface area contributed by atoms with Gasteiger partial charge in [0.25, 0.3) is 11.7 Å². The molecule has 0 spiro atoms. The van der Waals surface area contributed by atoms with Crippen LogP contribution in [0.15, 0.2) is 0 Å². The van der Waals surface area contributed by atoms with Crippen LogP contribution in [0.1, 0.15) is 29.8 Å². The van der Waals surface area contributed by atoms with Gasteiger partial charge in [0.2, 0.25) is 0 Å². The van der Waals surface area contributed by atoms with Gasteiger partial charge in [-0.1, -0.05) is 0 Å². The molecule has 2 aromatic heterocycles. The van der Waals surface area contributed by atoms with Crippen LogP contribution in [0.25, 0.3) is 5.65 Å². The number of hydrogen-bond acceptors (Lipinski definition) is 6. The molecule has 152 valence electrons. The monoisotopic (exact) mass is 398 g/mol. The Labute approximate surface area is 159 Å². The first-order valence-electron chi connectivity index (χ1n) is 9.22. The molecule has 0 radical (unpaired) electrons. The number of carbonyl (C=O) groups excluding carboxylic acids is 1. The van der Waals surface area contributed by atoms with Crippen molar-refractivity contribution in [3.05, 3.63) is 17.0 Å². The summed E-state index contributed by atoms with van der Waals surface area (Å²) in [6, 6.07) is 0. The maximum Gasteiger partial charge on any atom is 0.453 e. The lowest BCUT2D eigenvalue weighted by atomic mass is 10.1. The first-order chi connectivity index (χ1) is 13.3. The molecular weight excluding hydrogens is 377 g/mol. The molecule has 4 rings (SSSR count). The Hall–Kier alpha value is -2.43. The Morgan fingerprint density at radius 2 is 1.82 bits per heavy atom. The minimum Gasteiger partial charge on any atom is -0.368 e. The maximum atomic E-state index is 13.2. The van der Waals surface area contributed by atoms with E-state index >= 15 is 0 Å². The molecule has 2 fully saturated rings. The van der Waals surface area contributed by atoms with Gasteiger partial charge in [-0.25, -0.2) is 0 Å². The molecule has 0 N–H and O–H groups in total. The fourth-order valence-corrected chi connectivity index (χ4v) is 3.71. The standard InChI is InChI=1S/C17H21F3N6O2/c1-10-11(2)14(23-26-13(10)21-22-16(26)17(18,19)20)24-5-7-25(8-6-24)15(27)12-4-3-9-28-12/h12H,3-9H2,1-2H3. The summed E-state index contributed by atoms with van der Waals surface area (Å²) >= 11 is 0. The van der Waals surface area contributed by atoms with E-state index in [1.54, 1.807) is 11.8 Å². The number of alkyl halides is 3. The van der Waals surface area contributed by atoms with Crippen LogP contribution in [0.3, 0.4) is 0 Å². The van der Waals surface area contributed by atoms with Gasteiger partial charge in [-0.05, 0) is 26.7 Å². The highest BCUT2D eigenvalue weighted by Crippen LogP contribution is 2.31. The van der Waals surface area contributed by atoms with Crippen molar-refractivity contribution in [2.75, 3.05) is 37.7 Å². The van der Waals surface area contributed by atoms with E-state index in [0.29, 0.717) is 44.2 Å². The fraction of sp³-hybridized carbons (Fsp3) is 0.647. The lowest BCUT2D eigenvalue weighted by molar-refractivity contribution is -0.146. The van der Waals surface area contributed by atoms with E-state index in [-0.39, 0.29) is 17.7 Å². The van der Waals surface area contributed by atoms with Gasteiger partial charge in [0, 0.05) is 43.9 Å². The Kier molecular flexibility index (Phi) is 4.64. The van der Waals surface area contributed by atoms with Gasteiger partial charge in [-0.2, -0.15) is 17.7 Å². The van der Waals surface area contributed by atoms with E-state index in [2.05, 4.69) is 15.3 Å². The van der Waals surface area contributed by atoms with E-state index in [4.69, 9.17) is 4.74 Å². The molecule has 2 aliphatic rings. The van der Waals surface area contributed by atoms with Crippen LogP contribution in [0.4, 0.5) is 19.0 Å². The molecule has 0 saturated carbocycles. The predicted molar refractivity (Wildman–Crippen MR) is 93.0 cm³/mol. The van der Waals surface area contributed by atoms with Crippen LogP contribution >= 0.6 is 0 Å². The summed E-state index contributed by atoms with van der Waals surface area (Å²) in [5.74, 6) is -0.690.